The average Bonchev–Trinajstić information content (AvgIpc) is 3.03. The second-order valence-electron chi connectivity index (χ2n) is 6.55. The van der Waals surface area contributed by atoms with Gasteiger partial charge in [-0.3, -0.25) is 4.79 Å². The summed E-state index contributed by atoms with van der Waals surface area (Å²) in [7, 11) is 1.52. The number of nitrogens with zero attached hydrogens (tertiary/aromatic N) is 2. The Hall–Kier alpha value is -3.72. The van der Waals surface area contributed by atoms with Crippen molar-refractivity contribution in [2.75, 3.05) is 25.6 Å². The Morgan fingerprint density at radius 2 is 1.90 bits per heavy atom. The number of esters is 1. The number of rotatable bonds is 7. The number of aromatic hydroxyl groups is 1. The van der Waals surface area contributed by atoms with E-state index in [0.29, 0.717) is 40.5 Å². The Bertz CT molecular complexity index is 1060. The van der Waals surface area contributed by atoms with Crippen LogP contribution in [0.25, 0.3) is 11.4 Å². The lowest BCUT2D eigenvalue weighted by Crippen LogP contribution is -2.15. The van der Waals surface area contributed by atoms with Gasteiger partial charge in [-0.15, -0.1) is 0 Å². The zero-order chi connectivity index (χ0) is 21.7. The summed E-state index contributed by atoms with van der Waals surface area (Å²) in [6.45, 7) is 3.79. The van der Waals surface area contributed by atoms with Crippen LogP contribution in [0.1, 0.15) is 32.1 Å². The minimum absolute atomic E-state index is 0.114. The number of H-pyrrole nitrogens is 1. The molecule has 1 amide bonds. The van der Waals surface area contributed by atoms with Gasteiger partial charge in [0.15, 0.2) is 5.82 Å². The number of hydrogen-bond donors (Lipinski definition) is 3. The van der Waals surface area contributed by atoms with Crippen molar-refractivity contribution in [1.29, 1.82) is 0 Å². The SMILES string of the molecule is COCCOC(=O)c1c(C)[nH]c(C(=O)Nc2cnc(-c3cccc(O)c3)nc2)c1C. The predicted molar refractivity (Wildman–Crippen MR) is 110 cm³/mol. The van der Waals surface area contributed by atoms with Crippen LogP contribution >= 0.6 is 0 Å². The van der Waals surface area contributed by atoms with E-state index in [1.807, 2.05) is 0 Å². The molecule has 30 heavy (non-hydrogen) atoms. The molecule has 156 valence electrons. The molecule has 9 nitrogen and oxygen atoms in total. The highest BCUT2D eigenvalue weighted by Gasteiger charge is 2.23. The Balaban J connectivity index is 1.73. The van der Waals surface area contributed by atoms with Crippen LogP contribution in [-0.2, 0) is 9.47 Å². The van der Waals surface area contributed by atoms with E-state index >= 15 is 0 Å². The van der Waals surface area contributed by atoms with Crippen LogP contribution in [0.2, 0.25) is 0 Å². The fraction of sp³-hybridized carbons (Fsp3) is 0.238. The maximum absolute atomic E-state index is 12.7. The van der Waals surface area contributed by atoms with E-state index in [1.165, 1.54) is 19.5 Å². The lowest BCUT2D eigenvalue weighted by Gasteiger charge is -2.06. The molecule has 3 rings (SSSR count). The van der Waals surface area contributed by atoms with Crippen molar-refractivity contribution in [3.63, 3.8) is 0 Å². The Kier molecular flexibility index (Phi) is 6.43. The van der Waals surface area contributed by atoms with Crippen LogP contribution < -0.4 is 5.32 Å². The number of carbonyl (C=O) groups is 2. The Labute approximate surface area is 173 Å². The molecule has 0 saturated carbocycles. The van der Waals surface area contributed by atoms with Crippen molar-refractivity contribution in [3.8, 4) is 17.1 Å². The van der Waals surface area contributed by atoms with Crippen LogP contribution in [0.5, 0.6) is 5.75 Å². The standard InChI is InChI=1S/C21H22N4O5/c1-12-17(21(28)30-8-7-29-3)13(2)24-18(12)20(27)25-15-10-22-19(23-11-15)14-5-4-6-16(26)9-14/h4-6,9-11,24,26H,7-8H2,1-3H3,(H,25,27). The molecule has 3 N–H and O–H groups in total. The number of nitrogens with one attached hydrogen (secondary N) is 2. The highest BCUT2D eigenvalue weighted by atomic mass is 16.6. The molecule has 3 aromatic rings. The molecule has 0 aliphatic rings. The summed E-state index contributed by atoms with van der Waals surface area (Å²) in [6.07, 6.45) is 2.94. The van der Waals surface area contributed by atoms with Crippen molar-refractivity contribution in [1.82, 2.24) is 15.0 Å². The minimum atomic E-state index is -0.517. The first kappa shape index (κ1) is 21.0. The lowest BCUT2D eigenvalue weighted by atomic mass is 10.1. The molecule has 0 bridgehead atoms. The summed E-state index contributed by atoms with van der Waals surface area (Å²) in [4.78, 5) is 36.3. The minimum Gasteiger partial charge on any atom is -0.508 e. The van der Waals surface area contributed by atoms with Gasteiger partial charge in [-0.05, 0) is 31.5 Å². The first-order valence-electron chi connectivity index (χ1n) is 9.18. The monoisotopic (exact) mass is 410 g/mol. The molecule has 0 saturated heterocycles. The van der Waals surface area contributed by atoms with Gasteiger partial charge < -0.3 is 24.9 Å². The van der Waals surface area contributed by atoms with Crippen molar-refractivity contribution in [3.05, 3.63) is 59.2 Å². The van der Waals surface area contributed by atoms with Crippen molar-refractivity contribution in [2.45, 2.75) is 13.8 Å². The van der Waals surface area contributed by atoms with E-state index in [9.17, 15) is 14.7 Å². The predicted octanol–water partition coefficient (Wildman–Crippen LogP) is 2.85. The summed E-state index contributed by atoms with van der Waals surface area (Å²) in [6, 6.07) is 6.57. The summed E-state index contributed by atoms with van der Waals surface area (Å²) in [5, 5.41) is 12.3. The van der Waals surface area contributed by atoms with Gasteiger partial charge in [-0.1, -0.05) is 12.1 Å². The second-order valence-corrected chi connectivity index (χ2v) is 6.55. The molecule has 0 aliphatic heterocycles. The Morgan fingerprint density at radius 3 is 2.57 bits per heavy atom. The third kappa shape index (κ3) is 4.64. The third-order valence-electron chi connectivity index (χ3n) is 4.40. The first-order valence-corrected chi connectivity index (χ1v) is 9.18. The quantitative estimate of drug-likeness (QED) is 0.404. The number of phenolic OH excluding ortho intramolecular Hbond substituents is 1. The molecular formula is C21H22N4O5. The fourth-order valence-corrected chi connectivity index (χ4v) is 2.95. The number of aromatic amines is 1. The van der Waals surface area contributed by atoms with Crippen LogP contribution in [0.4, 0.5) is 5.69 Å². The molecule has 0 spiro atoms. The van der Waals surface area contributed by atoms with Crippen LogP contribution in [0.3, 0.4) is 0 Å². The van der Waals surface area contributed by atoms with Gasteiger partial charge in [0.25, 0.3) is 5.91 Å². The van der Waals surface area contributed by atoms with Crippen LogP contribution in [0.15, 0.2) is 36.7 Å². The molecule has 1 aromatic carbocycles. The van der Waals surface area contributed by atoms with E-state index in [-0.39, 0.29) is 18.1 Å². The largest absolute Gasteiger partial charge is 0.508 e. The number of carbonyl (C=O) groups excluding carboxylic acids is 2. The van der Waals surface area contributed by atoms with Crippen LogP contribution in [-0.4, -0.2) is 52.3 Å². The van der Waals surface area contributed by atoms with Gasteiger partial charge in [0.1, 0.15) is 18.1 Å². The van der Waals surface area contributed by atoms with E-state index in [2.05, 4.69) is 20.3 Å². The van der Waals surface area contributed by atoms with Crippen LogP contribution in [0, 0.1) is 13.8 Å². The van der Waals surface area contributed by atoms with E-state index in [4.69, 9.17) is 9.47 Å². The maximum Gasteiger partial charge on any atom is 0.340 e. The van der Waals surface area contributed by atoms with E-state index in [0.717, 1.165) is 0 Å². The topological polar surface area (TPSA) is 126 Å². The number of benzene rings is 1. The molecule has 9 heteroatoms. The summed E-state index contributed by atoms with van der Waals surface area (Å²) in [5.41, 5.74) is 2.65. The molecule has 0 aliphatic carbocycles. The zero-order valence-corrected chi connectivity index (χ0v) is 16.9. The number of ether oxygens (including phenoxy) is 2. The number of aryl methyl sites for hydroxylation is 1. The number of phenols is 1. The summed E-state index contributed by atoms with van der Waals surface area (Å²) < 4.78 is 10.0. The van der Waals surface area contributed by atoms with E-state index < -0.39 is 11.9 Å². The van der Waals surface area contributed by atoms with Crippen molar-refractivity contribution < 1.29 is 24.2 Å². The lowest BCUT2D eigenvalue weighted by molar-refractivity contribution is 0.0386. The third-order valence-corrected chi connectivity index (χ3v) is 4.40. The Morgan fingerprint density at radius 1 is 1.17 bits per heavy atom. The first-order chi connectivity index (χ1) is 14.4. The normalized spacial score (nSPS) is 10.6. The van der Waals surface area contributed by atoms with Gasteiger partial charge in [-0.2, -0.15) is 0 Å². The molecule has 0 radical (unpaired) electrons. The van der Waals surface area contributed by atoms with Crippen molar-refractivity contribution in [2.24, 2.45) is 0 Å². The number of anilines is 1. The van der Waals surface area contributed by atoms with E-state index in [1.54, 1.807) is 38.1 Å². The van der Waals surface area contributed by atoms with Gasteiger partial charge in [0.05, 0.1) is 30.3 Å². The van der Waals surface area contributed by atoms with Gasteiger partial charge >= 0.3 is 5.97 Å². The summed E-state index contributed by atoms with van der Waals surface area (Å²) in [5.74, 6) is -0.420. The number of amides is 1. The van der Waals surface area contributed by atoms with Crippen molar-refractivity contribution >= 4 is 17.6 Å². The molecule has 2 aromatic heterocycles. The number of hydrogen-bond acceptors (Lipinski definition) is 7. The summed E-state index contributed by atoms with van der Waals surface area (Å²) >= 11 is 0. The number of aromatic nitrogens is 3. The van der Waals surface area contributed by atoms with Gasteiger partial charge in [-0.25, -0.2) is 14.8 Å². The molecule has 0 atom stereocenters. The molecular weight excluding hydrogens is 388 g/mol. The van der Waals surface area contributed by atoms with Gasteiger partial charge in [0.2, 0.25) is 0 Å². The molecule has 2 heterocycles. The fourth-order valence-electron chi connectivity index (χ4n) is 2.95. The van der Waals surface area contributed by atoms with Gasteiger partial charge in [0, 0.05) is 18.4 Å². The molecule has 0 fully saturated rings. The maximum atomic E-state index is 12.7. The highest BCUT2D eigenvalue weighted by molar-refractivity contribution is 6.06. The number of methoxy groups -OCH3 is 1. The highest BCUT2D eigenvalue weighted by Crippen LogP contribution is 2.22. The smallest absolute Gasteiger partial charge is 0.340 e. The average molecular weight is 410 g/mol. The molecule has 0 unspecified atom stereocenters. The zero-order valence-electron chi connectivity index (χ0n) is 16.9. The second kappa shape index (κ2) is 9.19.